The zero-order valence-corrected chi connectivity index (χ0v) is 18.4. The first kappa shape index (κ1) is 21.1. The number of hydrogen-bond donors (Lipinski definition) is 0. The summed E-state index contributed by atoms with van der Waals surface area (Å²) in [6.07, 6.45) is 1.76. The number of sulfonamides is 1. The number of carbonyl (C=O) groups is 1. The molecule has 2 aromatic rings. The van der Waals surface area contributed by atoms with Crippen molar-refractivity contribution < 1.29 is 13.2 Å². The fourth-order valence-electron chi connectivity index (χ4n) is 2.74. The molecule has 0 saturated carbocycles. The molecule has 1 aliphatic rings. The first-order chi connectivity index (χ1) is 13.7. The number of likely N-dealkylation sites (N-methyl/N-ethyl adjacent to an activating group) is 1. The third kappa shape index (κ3) is 4.71. The summed E-state index contributed by atoms with van der Waals surface area (Å²) < 4.78 is 29.3. The summed E-state index contributed by atoms with van der Waals surface area (Å²) in [6, 6.07) is 14.3. The minimum absolute atomic E-state index is 0.108. The Kier molecular flexibility index (Phi) is 6.14. The van der Waals surface area contributed by atoms with E-state index in [1.165, 1.54) is 17.0 Å². The van der Waals surface area contributed by atoms with Crippen LogP contribution in [0.3, 0.4) is 0 Å². The molecule has 8 heteroatoms. The predicted octanol–water partition coefficient (Wildman–Crippen LogP) is 3.74. The van der Waals surface area contributed by atoms with Gasteiger partial charge in [-0.05, 0) is 61.5 Å². The Morgan fingerprint density at radius 1 is 1.07 bits per heavy atom. The number of hydrogen-bond acceptors (Lipinski definition) is 5. The Bertz CT molecular complexity index is 1070. The molecule has 2 aromatic carbocycles. The van der Waals surface area contributed by atoms with E-state index in [0.29, 0.717) is 11.4 Å². The average molecular weight is 430 g/mol. The first-order valence-electron chi connectivity index (χ1n) is 9.11. The van der Waals surface area contributed by atoms with Gasteiger partial charge in [-0.2, -0.15) is 8.42 Å². The normalized spacial score (nSPS) is 17.4. The van der Waals surface area contributed by atoms with Crippen molar-refractivity contribution >= 4 is 44.6 Å². The van der Waals surface area contributed by atoms with Gasteiger partial charge in [-0.3, -0.25) is 9.69 Å². The van der Waals surface area contributed by atoms with E-state index in [4.69, 9.17) is 0 Å². The highest BCUT2D eigenvalue weighted by molar-refractivity contribution is 8.19. The van der Waals surface area contributed by atoms with Gasteiger partial charge in [0.1, 0.15) is 0 Å². The Morgan fingerprint density at radius 2 is 1.69 bits per heavy atom. The number of rotatable bonds is 5. The van der Waals surface area contributed by atoms with Crippen molar-refractivity contribution in [1.29, 1.82) is 0 Å². The van der Waals surface area contributed by atoms with E-state index in [2.05, 4.69) is 4.40 Å². The van der Waals surface area contributed by atoms with Crippen molar-refractivity contribution in [3.05, 3.63) is 64.6 Å². The molecule has 0 atom stereocenters. The van der Waals surface area contributed by atoms with E-state index in [9.17, 15) is 13.2 Å². The van der Waals surface area contributed by atoms with Crippen LogP contribution in [0, 0.1) is 6.92 Å². The molecule has 1 saturated heterocycles. The maximum Gasteiger partial charge on any atom is 0.284 e. The molecule has 0 bridgehead atoms. The van der Waals surface area contributed by atoms with Gasteiger partial charge in [0, 0.05) is 26.3 Å². The minimum Gasteiger partial charge on any atom is -0.378 e. The highest BCUT2D eigenvalue weighted by atomic mass is 32.2. The van der Waals surface area contributed by atoms with Crippen LogP contribution < -0.4 is 4.90 Å². The maximum atomic E-state index is 12.7. The summed E-state index contributed by atoms with van der Waals surface area (Å²) in [5.74, 6) is -0.243. The Morgan fingerprint density at radius 3 is 2.24 bits per heavy atom. The number of nitrogens with zero attached hydrogens (tertiary/aromatic N) is 3. The molecule has 152 valence electrons. The van der Waals surface area contributed by atoms with Gasteiger partial charge < -0.3 is 4.90 Å². The van der Waals surface area contributed by atoms with Crippen LogP contribution in [-0.4, -0.2) is 45.0 Å². The molecular weight excluding hydrogens is 406 g/mol. The molecule has 0 unspecified atom stereocenters. The van der Waals surface area contributed by atoms with Crippen LogP contribution in [0.5, 0.6) is 0 Å². The van der Waals surface area contributed by atoms with E-state index < -0.39 is 10.0 Å². The van der Waals surface area contributed by atoms with E-state index in [1.807, 2.05) is 50.2 Å². The van der Waals surface area contributed by atoms with E-state index >= 15 is 0 Å². The Labute approximate surface area is 176 Å². The van der Waals surface area contributed by atoms with Crippen LogP contribution in [0.1, 0.15) is 18.1 Å². The van der Waals surface area contributed by atoms with Gasteiger partial charge >= 0.3 is 0 Å². The lowest BCUT2D eigenvalue weighted by Crippen LogP contribution is -2.29. The van der Waals surface area contributed by atoms with Gasteiger partial charge in [0.05, 0.1) is 9.80 Å². The largest absolute Gasteiger partial charge is 0.378 e. The molecule has 0 radical (unpaired) electrons. The summed E-state index contributed by atoms with van der Waals surface area (Å²) in [7, 11) is 0.0192. The van der Waals surface area contributed by atoms with Crippen LogP contribution >= 0.6 is 11.8 Å². The van der Waals surface area contributed by atoms with Crippen LogP contribution in [0.2, 0.25) is 0 Å². The molecule has 0 aromatic heterocycles. The van der Waals surface area contributed by atoms with Crippen molar-refractivity contribution in [3.8, 4) is 0 Å². The summed E-state index contributed by atoms with van der Waals surface area (Å²) in [6.45, 7) is 4.01. The van der Waals surface area contributed by atoms with Gasteiger partial charge in [0.25, 0.3) is 15.9 Å². The Balaban J connectivity index is 1.92. The predicted molar refractivity (Wildman–Crippen MR) is 120 cm³/mol. The smallest absolute Gasteiger partial charge is 0.284 e. The van der Waals surface area contributed by atoms with E-state index in [-0.39, 0.29) is 16.0 Å². The number of anilines is 1. The fraction of sp³-hybridized carbons (Fsp3) is 0.238. The third-order valence-electron chi connectivity index (χ3n) is 4.43. The standard InChI is InChI=1S/C21H23N3O3S2/c1-5-24-20(25)19(14-16-8-10-17(11-9-16)23(3)4)28-21(24)22-29(26,27)18-12-6-15(2)7-13-18/h6-14H,5H2,1-4H3/b19-14-,22-21-. The molecule has 0 aliphatic carbocycles. The third-order valence-corrected chi connectivity index (χ3v) is 6.83. The quantitative estimate of drug-likeness (QED) is 0.677. The zero-order chi connectivity index (χ0) is 21.2. The second-order valence-corrected chi connectivity index (χ2v) is 9.42. The van der Waals surface area contributed by atoms with Crippen molar-refractivity contribution in [2.75, 3.05) is 25.5 Å². The Hall–Kier alpha value is -2.58. The molecule has 3 rings (SSSR count). The van der Waals surface area contributed by atoms with Gasteiger partial charge in [0.15, 0.2) is 5.17 Å². The topological polar surface area (TPSA) is 70.1 Å². The maximum absolute atomic E-state index is 12.7. The molecule has 1 fully saturated rings. The number of amidine groups is 1. The molecule has 1 aliphatic heterocycles. The lowest BCUT2D eigenvalue weighted by molar-refractivity contribution is -0.122. The van der Waals surface area contributed by atoms with Gasteiger partial charge in [-0.15, -0.1) is 4.40 Å². The number of carbonyl (C=O) groups excluding carboxylic acids is 1. The minimum atomic E-state index is -3.90. The molecular formula is C21H23N3O3S2. The molecule has 1 heterocycles. The monoisotopic (exact) mass is 429 g/mol. The van der Waals surface area contributed by atoms with Crippen molar-refractivity contribution in [2.24, 2.45) is 4.40 Å². The van der Waals surface area contributed by atoms with Crippen molar-refractivity contribution in [3.63, 3.8) is 0 Å². The second kappa shape index (κ2) is 8.42. The van der Waals surface area contributed by atoms with Crippen molar-refractivity contribution in [1.82, 2.24) is 4.90 Å². The lowest BCUT2D eigenvalue weighted by atomic mass is 10.2. The molecule has 1 amide bonds. The lowest BCUT2D eigenvalue weighted by Gasteiger charge is -2.12. The van der Waals surface area contributed by atoms with Gasteiger partial charge in [0.2, 0.25) is 0 Å². The molecule has 0 N–H and O–H groups in total. The average Bonchev–Trinajstić information content (AvgIpc) is 2.96. The zero-order valence-electron chi connectivity index (χ0n) is 16.8. The number of aryl methyl sites for hydroxylation is 1. The number of benzene rings is 2. The molecule has 0 spiro atoms. The van der Waals surface area contributed by atoms with E-state index in [0.717, 1.165) is 28.6 Å². The van der Waals surface area contributed by atoms with Gasteiger partial charge in [-0.1, -0.05) is 29.8 Å². The van der Waals surface area contributed by atoms with Crippen LogP contribution in [0.25, 0.3) is 6.08 Å². The molecule has 6 nitrogen and oxygen atoms in total. The fourth-order valence-corrected chi connectivity index (χ4v) is 4.99. The summed E-state index contributed by atoms with van der Waals surface area (Å²) in [4.78, 5) is 16.7. The SMILES string of the molecule is CCN1C(=O)/C(=C/c2ccc(N(C)C)cc2)S/C1=N\S(=O)(=O)c1ccc(C)cc1. The van der Waals surface area contributed by atoms with Crippen LogP contribution in [-0.2, 0) is 14.8 Å². The number of thioether (sulfide) groups is 1. The second-order valence-electron chi connectivity index (χ2n) is 6.81. The number of amides is 1. The van der Waals surface area contributed by atoms with E-state index in [1.54, 1.807) is 25.1 Å². The highest BCUT2D eigenvalue weighted by Gasteiger charge is 2.34. The summed E-state index contributed by atoms with van der Waals surface area (Å²) in [5.41, 5.74) is 2.88. The first-order valence-corrected chi connectivity index (χ1v) is 11.4. The summed E-state index contributed by atoms with van der Waals surface area (Å²) in [5, 5.41) is 0.175. The summed E-state index contributed by atoms with van der Waals surface area (Å²) >= 11 is 1.08. The van der Waals surface area contributed by atoms with Crippen LogP contribution in [0.15, 0.2) is 62.7 Å². The van der Waals surface area contributed by atoms with Crippen molar-refractivity contribution in [2.45, 2.75) is 18.7 Å². The molecule has 29 heavy (non-hydrogen) atoms. The van der Waals surface area contributed by atoms with Crippen LogP contribution in [0.4, 0.5) is 5.69 Å². The van der Waals surface area contributed by atoms with Gasteiger partial charge in [-0.25, -0.2) is 0 Å². The highest BCUT2D eigenvalue weighted by Crippen LogP contribution is 2.33.